The fraction of sp³-hybridized carbons (Fsp3) is 0.750. The van der Waals surface area contributed by atoms with E-state index in [0.29, 0.717) is 0 Å². The molecule has 0 fully saturated rings. The molecule has 0 rings (SSSR count). The summed E-state index contributed by atoms with van der Waals surface area (Å²) in [5.74, 6) is 0. The second-order valence-electron chi connectivity index (χ2n) is 2.82. The van der Waals surface area contributed by atoms with E-state index >= 15 is 0 Å². The van der Waals surface area contributed by atoms with Crippen LogP contribution in [0.5, 0.6) is 0 Å². The summed E-state index contributed by atoms with van der Waals surface area (Å²) in [5.41, 5.74) is -0.105. The summed E-state index contributed by atoms with van der Waals surface area (Å²) in [6, 6.07) is 0. The first kappa shape index (κ1) is 9.66. The lowest BCUT2D eigenvalue weighted by Gasteiger charge is -2.20. The van der Waals surface area contributed by atoms with Crippen molar-refractivity contribution in [3.63, 3.8) is 0 Å². The molecular weight excluding hydrogens is 128 g/mol. The highest BCUT2D eigenvalue weighted by atomic mass is 16.5. The Morgan fingerprint density at radius 3 is 2.40 bits per heavy atom. The van der Waals surface area contributed by atoms with Crippen molar-refractivity contribution in [2.75, 3.05) is 13.7 Å². The molecule has 1 N–H and O–H groups in total. The summed E-state index contributed by atoms with van der Waals surface area (Å²) < 4.78 is 5.15. The minimum absolute atomic E-state index is 0.105. The largest absolute Gasteiger partial charge is 0.392 e. The van der Waals surface area contributed by atoms with E-state index in [2.05, 4.69) is 0 Å². The van der Waals surface area contributed by atoms with E-state index in [0.717, 1.165) is 6.42 Å². The van der Waals surface area contributed by atoms with Crippen molar-refractivity contribution in [2.24, 2.45) is 0 Å². The molecule has 0 radical (unpaired) electrons. The second-order valence-corrected chi connectivity index (χ2v) is 2.82. The smallest absolute Gasteiger partial charge is 0.0657 e. The summed E-state index contributed by atoms with van der Waals surface area (Å²) in [5, 5.41) is 8.41. The fourth-order valence-electron chi connectivity index (χ4n) is 0.525. The van der Waals surface area contributed by atoms with Crippen LogP contribution < -0.4 is 0 Å². The van der Waals surface area contributed by atoms with Crippen molar-refractivity contribution in [3.8, 4) is 0 Å². The Hall–Kier alpha value is -0.340. The zero-order valence-electron chi connectivity index (χ0n) is 6.92. The van der Waals surface area contributed by atoms with Crippen LogP contribution in [0.2, 0.25) is 0 Å². The lowest BCUT2D eigenvalue weighted by molar-refractivity contribution is 0.0254. The topological polar surface area (TPSA) is 29.5 Å². The van der Waals surface area contributed by atoms with Crippen LogP contribution in [0.1, 0.15) is 20.3 Å². The summed E-state index contributed by atoms with van der Waals surface area (Å²) in [6.07, 6.45) is 4.48. The number of aliphatic hydroxyl groups is 1. The van der Waals surface area contributed by atoms with E-state index in [4.69, 9.17) is 9.84 Å². The third kappa shape index (κ3) is 4.53. The van der Waals surface area contributed by atoms with Gasteiger partial charge < -0.3 is 9.84 Å². The Morgan fingerprint density at radius 2 is 2.00 bits per heavy atom. The molecule has 10 heavy (non-hydrogen) atoms. The van der Waals surface area contributed by atoms with Crippen LogP contribution in [0.25, 0.3) is 0 Å². The minimum atomic E-state index is -0.105. The van der Waals surface area contributed by atoms with Gasteiger partial charge in [0.25, 0.3) is 0 Å². The van der Waals surface area contributed by atoms with Gasteiger partial charge in [-0.15, -0.1) is 0 Å². The highest BCUT2D eigenvalue weighted by Gasteiger charge is 2.12. The first-order valence-electron chi connectivity index (χ1n) is 3.43. The first-order valence-corrected chi connectivity index (χ1v) is 3.43. The van der Waals surface area contributed by atoms with E-state index in [9.17, 15) is 0 Å². The summed E-state index contributed by atoms with van der Waals surface area (Å²) >= 11 is 0. The Morgan fingerprint density at radius 1 is 1.40 bits per heavy atom. The molecule has 0 aromatic rings. The van der Waals surface area contributed by atoms with Gasteiger partial charge in [-0.05, 0) is 20.3 Å². The molecule has 0 bridgehead atoms. The summed E-state index contributed by atoms with van der Waals surface area (Å²) in [4.78, 5) is 0. The Bertz CT molecular complexity index is 106. The van der Waals surface area contributed by atoms with Gasteiger partial charge in [0.15, 0.2) is 0 Å². The Labute approximate surface area is 62.5 Å². The maximum Gasteiger partial charge on any atom is 0.0657 e. The molecule has 0 aliphatic heterocycles. The molecule has 0 spiro atoms. The normalized spacial score (nSPS) is 12.8. The highest BCUT2D eigenvalue weighted by molar-refractivity contribution is 4.87. The molecule has 0 saturated carbocycles. The minimum Gasteiger partial charge on any atom is -0.392 e. The van der Waals surface area contributed by atoms with Crippen LogP contribution in [0.15, 0.2) is 12.2 Å². The van der Waals surface area contributed by atoms with Gasteiger partial charge in [0, 0.05) is 7.11 Å². The van der Waals surface area contributed by atoms with E-state index in [1.54, 1.807) is 13.2 Å². The van der Waals surface area contributed by atoms with Crippen molar-refractivity contribution in [1.82, 2.24) is 0 Å². The molecule has 0 saturated heterocycles. The van der Waals surface area contributed by atoms with Gasteiger partial charge in [-0.3, -0.25) is 0 Å². The van der Waals surface area contributed by atoms with E-state index in [1.165, 1.54) is 0 Å². The van der Waals surface area contributed by atoms with E-state index < -0.39 is 0 Å². The molecule has 0 aromatic carbocycles. The average Bonchev–Trinajstić information content (AvgIpc) is 1.89. The lowest BCUT2D eigenvalue weighted by atomic mass is 10.1. The van der Waals surface area contributed by atoms with Crippen LogP contribution >= 0.6 is 0 Å². The third-order valence-electron chi connectivity index (χ3n) is 1.43. The maximum absolute atomic E-state index is 8.41. The number of methoxy groups -OCH3 is 1. The van der Waals surface area contributed by atoms with Gasteiger partial charge in [-0.1, -0.05) is 12.2 Å². The standard InChI is InChI=1S/C8H16O2/c1-8(2,10-3)6-4-5-7-9/h4-5,9H,6-7H2,1-3H3. The number of rotatable bonds is 4. The van der Waals surface area contributed by atoms with Crippen molar-refractivity contribution >= 4 is 0 Å². The maximum atomic E-state index is 8.41. The van der Waals surface area contributed by atoms with Crippen molar-refractivity contribution in [2.45, 2.75) is 25.9 Å². The van der Waals surface area contributed by atoms with Gasteiger partial charge in [0.2, 0.25) is 0 Å². The molecule has 60 valence electrons. The summed E-state index contributed by atoms with van der Waals surface area (Å²) in [7, 11) is 1.69. The Kier molecular flexibility index (Phi) is 4.32. The van der Waals surface area contributed by atoms with Crippen molar-refractivity contribution in [1.29, 1.82) is 0 Å². The predicted octanol–water partition coefficient (Wildman–Crippen LogP) is 1.35. The molecule has 0 aromatic heterocycles. The molecule has 0 aliphatic rings. The molecular formula is C8H16O2. The number of ether oxygens (including phenoxy) is 1. The molecule has 2 nitrogen and oxygen atoms in total. The monoisotopic (exact) mass is 144 g/mol. The van der Waals surface area contributed by atoms with Crippen LogP contribution in [0, 0.1) is 0 Å². The number of hydrogen-bond acceptors (Lipinski definition) is 2. The van der Waals surface area contributed by atoms with Crippen molar-refractivity contribution in [3.05, 3.63) is 12.2 Å². The third-order valence-corrected chi connectivity index (χ3v) is 1.43. The molecule has 0 unspecified atom stereocenters. The average molecular weight is 144 g/mol. The Balaban J connectivity index is 3.56. The van der Waals surface area contributed by atoms with E-state index in [-0.39, 0.29) is 12.2 Å². The molecule has 0 heterocycles. The van der Waals surface area contributed by atoms with Gasteiger partial charge in [0.05, 0.1) is 12.2 Å². The zero-order valence-corrected chi connectivity index (χ0v) is 6.92. The SMILES string of the molecule is COC(C)(C)CC=CCO. The lowest BCUT2D eigenvalue weighted by Crippen LogP contribution is -2.20. The molecule has 0 atom stereocenters. The fourth-order valence-corrected chi connectivity index (χ4v) is 0.525. The molecule has 2 heteroatoms. The number of hydrogen-bond donors (Lipinski definition) is 1. The zero-order chi connectivity index (χ0) is 8.04. The van der Waals surface area contributed by atoms with Crippen molar-refractivity contribution < 1.29 is 9.84 Å². The summed E-state index contributed by atoms with van der Waals surface area (Å²) in [6.45, 7) is 4.13. The highest BCUT2D eigenvalue weighted by Crippen LogP contribution is 2.12. The van der Waals surface area contributed by atoms with Gasteiger partial charge in [-0.2, -0.15) is 0 Å². The first-order chi connectivity index (χ1) is 4.62. The van der Waals surface area contributed by atoms with Gasteiger partial charge in [0.1, 0.15) is 0 Å². The van der Waals surface area contributed by atoms with Gasteiger partial charge >= 0.3 is 0 Å². The van der Waals surface area contributed by atoms with Crippen LogP contribution in [-0.2, 0) is 4.74 Å². The van der Waals surface area contributed by atoms with Crippen LogP contribution in [-0.4, -0.2) is 24.4 Å². The van der Waals surface area contributed by atoms with Gasteiger partial charge in [-0.25, -0.2) is 0 Å². The van der Waals surface area contributed by atoms with E-state index in [1.807, 2.05) is 19.9 Å². The molecule has 0 aliphatic carbocycles. The quantitative estimate of drug-likeness (QED) is 0.603. The number of aliphatic hydroxyl groups excluding tert-OH is 1. The predicted molar refractivity (Wildman–Crippen MR) is 41.9 cm³/mol. The second kappa shape index (κ2) is 4.47. The van der Waals surface area contributed by atoms with Crippen LogP contribution in [0.4, 0.5) is 0 Å². The molecule has 0 amide bonds. The van der Waals surface area contributed by atoms with Crippen LogP contribution in [0.3, 0.4) is 0 Å².